The predicted octanol–water partition coefficient (Wildman–Crippen LogP) is 7.23. The van der Waals surface area contributed by atoms with Gasteiger partial charge in [0, 0.05) is 11.4 Å². The molecule has 0 spiro atoms. The Kier molecular flexibility index (Phi) is 11.0. The van der Waals surface area contributed by atoms with Gasteiger partial charge in [0.25, 0.3) is 11.8 Å². The number of ether oxygens (including phenoxy) is 2. The summed E-state index contributed by atoms with van der Waals surface area (Å²) in [5.74, 6) is -0.337. The van der Waals surface area contributed by atoms with Crippen LogP contribution >= 0.6 is 0 Å². The number of anilines is 2. The van der Waals surface area contributed by atoms with Gasteiger partial charge in [-0.15, -0.1) is 0 Å². The average Bonchev–Trinajstić information content (AvgIpc) is 3.09. The van der Waals surface area contributed by atoms with Gasteiger partial charge in [-0.2, -0.15) is 0 Å². The fraction of sp³-hybridized carbons (Fsp3) is 0.158. The lowest BCUT2D eigenvalue weighted by Gasteiger charge is -2.26. The number of hydrogen-bond acceptors (Lipinski definition) is 4. The van der Waals surface area contributed by atoms with E-state index in [4.69, 9.17) is 9.47 Å². The second-order valence-corrected chi connectivity index (χ2v) is 10.3. The van der Waals surface area contributed by atoms with Crippen molar-refractivity contribution < 1.29 is 19.1 Å². The second kappa shape index (κ2) is 16.0. The van der Waals surface area contributed by atoms with Crippen molar-refractivity contribution >= 4 is 23.2 Å². The molecule has 0 bridgehead atoms. The molecule has 0 heterocycles. The zero-order valence-electron chi connectivity index (χ0n) is 24.6. The Balaban J connectivity index is 1.25. The van der Waals surface area contributed by atoms with E-state index in [1.54, 1.807) is 9.80 Å². The maximum atomic E-state index is 13.6. The van der Waals surface area contributed by atoms with Gasteiger partial charge in [-0.25, -0.2) is 0 Å². The molecule has 1 atom stereocenters. The van der Waals surface area contributed by atoms with Crippen molar-refractivity contribution in [3.63, 3.8) is 0 Å². The van der Waals surface area contributed by atoms with E-state index in [0.29, 0.717) is 13.1 Å². The van der Waals surface area contributed by atoms with Crippen molar-refractivity contribution in [2.45, 2.75) is 19.2 Å². The van der Waals surface area contributed by atoms with Crippen LogP contribution in [0.15, 0.2) is 152 Å². The molecule has 5 rings (SSSR count). The molecule has 6 heteroatoms. The number of benzene rings is 5. The van der Waals surface area contributed by atoms with Crippen LogP contribution in [0.5, 0.6) is 0 Å². The van der Waals surface area contributed by atoms with Crippen LogP contribution in [0.3, 0.4) is 0 Å². The van der Waals surface area contributed by atoms with E-state index in [1.165, 1.54) is 0 Å². The minimum Gasteiger partial charge on any atom is -0.369 e. The Morgan fingerprint density at radius 2 is 0.886 bits per heavy atom. The lowest BCUT2D eigenvalue weighted by Crippen LogP contribution is -2.35. The first-order valence-electron chi connectivity index (χ1n) is 14.7. The molecule has 0 aliphatic heterocycles. The molecule has 44 heavy (non-hydrogen) atoms. The van der Waals surface area contributed by atoms with Crippen LogP contribution in [0.4, 0.5) is 11.4 Å². The third-order valence-electron chi connectivity index (χ3n) is 7.18. The number of amides is 2. The molecule has 0 saturated carbocycles. The average molecular weight is 585 g/mol. The van der Waals surface area contributed by atoms with Gasteiger partial charge >= 0.3 is 0 Å². The summed E-state index contributed by atoms with van der Waals surface area (Å²) in [6.45, 7) is 0.679. The van der Waals surface area contributed by atoms with Crippen LogP contribution in [0.1, 0.15) is 22.8 Å². The van der Waals surface area contributed by atoms with Gasteiger partial charge in [-0.3, -0.25) is 9.59 Å². The molecule has 222 valence electrons. The first-order chi connectivity index (χ1) is 21.7. The standard InChI is InChI=1S/C38H36N2O4/c41-37(39(34-22-12-4-13-23-34)26-31-16-6-1-7-17-31)29-43-28-36(33-20-10-3-11-21-33)44-30-38(42)40(35-24-14-5-15-25-35)27-32-18-8-2-9-19-32/h1-25,36H,26-30H2. The molecular formula is C38H36N2O4. The third-order valence-corrected chi connectivity index (χ3v) is 7.18. The Morgan fingerprint density at radius 1 is 0.500 bits per heavy atom. The zero-order valence-corrected chi connectivity index (χ0v) is 24.6. The fourth-order valence-corrected chi connectivity index (χ4v) is 4.88. The monoisotopic (exact) mass is 584 g/mol. The molecule has 0 saturated heterocycles. The van der Waals surface area contributed by atoms with Gasteiger partial charge in [0.1, 0.15) is 19.3 Å². The van der Waals surface area contributed by atoms with Crippen molar-refractivity contribution in [1.29, 1.82) is 0 Å². The van der Waals surface area contributed by atoms with Gasteiger partial charge in [0.15, 0.2) is 0 Å². The van der Waals surface area contributed by atoms with Gasteiger partial charge < -0.3 is 19.3 Å². The highest BCUT2D eigenvalue weighted by atomic mass is 16.5. The molecule has 5 aromatic rings. The summed E-state index contributed by atoms with van der Waals surface area (Å²) in [5, 5.41) is 0. The Bertz CT molecular complexity index is 1570. The smallest absolute Gasteiger partial charge is 0.253 e. The number of nitrogens with zero attached hydrogens (tertiary/aromatic N) is 2. The molecule has 0 aliphatic carbocycles. The highest BCUT2D eigenvalue weighted by Gasteiger charge is 2.22. The highest BCUT2D eigenvalue weighted by Crippen LogP contribution is 2.22. The van der Waals surface area contributed by atoms with Crippen molar-refractivity contribution in [3.8, 4) is 0 Å². The van der Waals surface area contributed by atoms with Crippen LogP contribution in [0.2, 0.25) is 0 Å². The van der Waals surface area contributed by atoms with Gasteiger partial charge in [-0.1, -0.05) is 127 Å². The minimum atomic E-state index is -0.540. The van der Waals surface area contributed by atoms with Crippen LogP contribution in [-0.2, 0) is 32.2 Å². The molecule has 5 aromatic carbocycles. The molecule has 1 unspecified atom stereocenters. The quantitative estimate of drug-likeness (QED) is 0.138. The Hall–Kier alpha value is -5.04. The minimum absolute atomic E-state index is 0.112. The number of para-hydroxylation sites is 2. The number of carbonyl (C=O) groups excluding carboxylic acids is 2. The SMILES string of the molecule is O=C(COCC(OCC(=O)N(Cc1ccccc1)c1ccccc1)c1ccccc1)N(Cc1ccccc1)c1ccccc1. The largest absolute Gasteiger partial charge is 0.369 e. The van der Waals surface area contributed by atoms with Gasteiger partial charge in [0.2, 0.25) is 0 Å². The second-order valence-electron chi connectivity index (χ2n) is 10.3. The summed E-state index contributed by atoms with van der Waals surface area (Å²) < 4.78 is 12.2. The van der Waals surface area contributed by atoms with Crippen LogP contribution in [0.25, 0.3) is 0 Å². The van der Waals surface area contributed by atoms with Crippen molar-refractivity contribution in [3.05, 3.63) is 168 Å². The Labute approximate surface area is 259 Å². The summed E-state index contributed by atoms with van der Waals surface area (Å²) in [6.07, 6.45) is -0.540. The van der Waals surface area contributed by atoms with Crippen LogP contribution in [-0.4, -0.2) is 31.6 Å². The van der Waals surface area contributed by atoms with Crippen LogP contribution < -0.4 is 9.80 Å². The van der Waals surface area contributed by atoms with Gasteiger partial charge in [0.05, 0.1) is 19.7 Å². The highest BCUT2D eigenvalue weighted by molar-refractivity contribution is 5.94. The molecule has 0 aromatic heterocycles. The summed E-state index contributed by atoms with van der Waals surface area (Å²) in [7, 11) is 0. The number of hydrogen-bond donors (Lipinski definition) is 0. The van der Waals surface area contributed by atoms with E-state index >= 15 is 0 Å². The summed E-state index contributed by atoms with van der Waals surface area (Å²) >= 11 is 0. The van der Waals surface area contributed by atoms with E-state index < -0.39 is 6.10 Å². The van der Waals surface area contributed by atoms with Crippen molar-refractivity contribution in [2.24, 2.45) is 0 Å². The van der Waals surface area contributed by atoms with E-state index in [0.717, 1.165) is 28.1 Å². The van der Waals surface area contributed by atoms with E-state index in [-0.39, 0.29) is 31.6 Å². The molecule has 0 fully saturated rings. The van der Waals surface area contributed by atoms with Crippen LogP contribution in [0, 0.1) is 0 Å². The summed E-state index contributed by atoms with van der Waals surface area (Å²) in [6, 6.07) is 48.5. The van der Waals surface area contributed by atoms with Gasteiger partial charge in [-0.05, 0) is 41.0 Å². The fourth-order valence-electron chi connectivity index (χ4n) is 4.88. The van der Waals surface area contributed by atoms with Crippen molar-refractivity contribution in [1.82, 2.24) is 0 Å². The van der Waals surface area contributed by atoms with E-state index in [1.807, 2.05) is 152 Å². The lowest BCUT2D eigenvalue weighted by molar-refractivity contribution is -0.130. The summed E-state index contributed by atoms with van der Waals surface area (Å²) in [4.78, 5) is 30.5. The number of rotatable bonds is 14. The summed E-state index contributed by atoms with van der Waals surface area (Å²) in [5.41, 5.74) is 4.50. The molecule has 0 N–H and O–H groups in total. The topological polar surface area (TPSA) is 59.1 Å². The molecule has 2 amide bonds. The van der Waals surface area contributed by atoms with E-state index in [2.05, 4.69) is 0 Å². The third kappa shape index (κ3) is 8.74. The molecule has 0 aliphatic rings. The molecular weight excluding hydrogens is 548 g/mol. The molecule has 0 radical (unpaired) electrons. The predicted molar refractivity (Wildman–Crippen MR) is 174 cm³/mol. The normalized spacial score (nSPS) is 11.5. The molecule has 6 nitrogen and oxygen atoms in total. The first-order valence-corrected chi connectivity index (χ1v) is 14.7. The van der Waals surface area contributed by atoms with Crippen molar-refractivity contribution in [2.75, 3.05) is 29.6 Å². The maximum absolute atomic E-state index is 13.6. The number of carbonyl (C=O) groups is 2. The zero-order chi connectivity index (χ0) is 30.4. The Morgan fingerprint density at radius 3 is 1.34 bits per heavy atom. The van der Waals surface area contributed by atoms with E-state index in [9.17, 15) is 9.59 Å². The maximum Gasteiger partial charge on any atom is 0.253 e. The first kappa shape index (κ1) is 30.4. The lowest BCUT2D eigenvalue weighted by atomic mass is 10.1.